The van der Waals surface area contributed by atoms with Crippen molar-refractivity contribution < 1.29 is 19.4 Å². The molecule has 2 amide bonds. The number of methoxy groups -OCH3 is 1. The summed E-state index contributed by atoms with van der Waals surface area (Å²) in [6, 6.07) is 11.6. The lowest BCUT2D eigenvalue weighted by Gasteiger charge is -2.28. The fourth-order valence-electron chi connectivity index (χ4n) is 2.47. The average Bonchev–Trinajstić information content (AvgIpc) is 2.62. The molecular formula is C18H13ClN2O4S. The van der Waals surface area contributed by atoms with E-state index in [4.69, 9.17) is 28.6 Å². The Labute approximate surface area is 159 Å². The zero-order valence-electron chi connectivity index (χ0n) is 13.5. The number of halogens is 1. The first kappa shape index (κ1) is 17.9. The third kappa shape index (κ3) is 3.26. The number of hydrogen-bond acceptors (Lipinski definition) is 5. The van der Waals surface area contributed by atoms with E-state index in [1.807, 2.05) is 0 Å². The maximum Gasteiger partial charge on any atom is 0.270 e. The second-order valence-corrected chi connectivity index (χ2v) is 6.14. The van der Waals surface area contributed by atoms with Gasteiger partial charge in [-0.25, -0.2) is 0 Å². The third-order valence-electron chi connectivity index (χ3n) is 3.70. The smallest absolute Gasteiger partial charge is 0.270 e. The van der Waals surface area contributed by atoms with Gasteiger partial charge in [0.25, 0.3) is 11.8 Å². The standard InChI is InChI=1S/C18H13ClN2O4S/c1-25-14-9-10(8-13(19)15(14)22)7-12-16(23)20-18(26)21(17(12)24)11-5-3-2-4-6-11/h2-9,22H,1H3,(H,20,23,26)/b12-7-. The molecule has 0 spiro atoms. The average molecular weight is 389 g/mol. The second-order valence-electron chi connectivity index (χ2n) is 5.35. The molecule has 0 radical (unpaired) electrons. The van der Waals surface area contributed by atoms with Gasteiger partial charge in [0, 0.05) is 0 Å². The molecule has 0 atom stereocenters. The Morgan fingerprint density at radius 2 is 1.92 bits per heavy atom. The van der Waals surface area contributed by atoms with Crippen LogP contribution < -0.4 is 15.0 Å². The van der Waals surface area contributed by atoms with Crippen molar-refractivity contribution in [3.05, 3.63) is 58.6 Å². The van der Waals surface area contributed by atoms with Crippen molar-refractivity contribution in [2.45, 2.75) is 0 Å². The highest BCUT2D eigenvalue weighted by Gasteiger charge is 2.34. The number of nitrogens with zero attached hydrogens (tertiary/aromatic N) is 1. The summed E-state index contributed by atoms with van der Waals surface area (Å²) in [5.74, 6) is -1.27. The van der Waals surface area contributed by atoms with Gasteiger partial charge in [0.2, 0.25) is 0 Å². The Hall–Kier alpha value is -2.90. The lowest BCUT2D eigenvalue weighted by Crippen LogP contribution is -2.54. The maximum absolute atomic E-state index is 12.9. The van der Waals surface area contributed by atoms with E-state index in [1.54, 1.807) is 30.3 Å². The largest absolute Gasteiger partial charge is 0.503 e. The Balaban J connectivity index is 2.05. The van der Waals surface area contributed by atoms with Crippen LogP contribution in [0.2, 0.25) is 5.02 Å². The normalized spacial score (nSPS) is 16.0. The SMILES string of the molecule is COc1cc(/C=C2/C(=O)NC(=S)N(c3ccccc3)C2=O)cc(Cl)c1O. The van der Waals surface area contributed by atoms with Crippen molar-refractivity contribution >= 4 is 52.5 Å². The van der Waals surface area contributed by atoms with Crippen molar-refractivity contribution in [2.24, 2.45) is 0 Å². The Morgan fingerprint density at radius 1 is 1.23 bits per heavy atom. The molecule has 8 heteroatoms. The highest BCUT2D eigenvalue weighted by molar-refractivity contribution is 7.80. The van der Waals surface area contributed by atoms with Crippen LogP contribution in [0.25, 0.3) is 6.08 Å². The van der Waals surface area contributed by atoms with Crippen LogP contribution in [0.5, 0.6) is 11.5 Å². The highest BCUT2D eigenvalue weighted by atomic mass is 35.5. The van der Waals surface area contributed by atoms with Gasteiger partial charge >= 0.3 is 0 Å². The van der Waals surface area contributed by atoms with Crippen molar-refractivity contribution in [2.75, 3.05) is 12.0 Å². The lowest BCUT2D eigenvalue weighted by atomic mass is 10.1. The van der Waals surface area contributed by atoms with E-state index in [1.165, 1.54) is 30.2 Å². The molecule has 2 N–H and O–H groups in total. The van der Waals surface area contributed by atoms with Gasteiger partial charge in [-0.2, -0.15) is 0 Å². The summed E-state index contributed by atoms with van der Waals surface area (Å²) in [7, 11) is 1.37. The molecule has 2 aromatic carbocycles. The first-order valence-electron chi connectivity index (χ1n) is 7.45. The number of carbonyl (C=O) groups excluding carboxylic acids is 2. The molecule has 1 fully saturated rings. The van der Waals surface area contributed by atoms with E-state index in [0.29, 0.717) is 11.3 Å². The van der Waals surface area contributed by atoms with Gasteiger partial charge in [0.05, 0.1) is 17.8 Å². The van der Waals surface area contributed by atoms with Crippen molar-refractivity contribution in [1.29, 1.82) is 0 Å². The minimum Gasteiger partial charge on any atom is -0.503 e. The molecule has 1 saturated heterocycles. The van der Waals surface area contributed by atoms with Gasteiger partial charge in [0.15, 0.2) is 16.6 Å². The molecule has 0 unspecified atom stereocenters. The molecule has 0 bridgehead atoms. The van der Waals surface area contributed by atoms with Gasteiger partial charge in [-0.1, -0.05) is 29.8 Å². The van der Waals surface area contributed by atoms with Crippen LogP contribution in [0.3, 0.4) is 0 Å². The van der Waals surface area contributed by atoms with Crippen LogP contribution >= 0.6 is 23.8 Å². The number of phenols is 1. The van der Waals surface area contributed by atoms with Crippen LogP contribution in [0.15, 0.2) is 48.0 Å². The number of benzene rings is 2. The van der Waals surface area contributed by atoms with E-state index in [0.717, 1.165) is 0 Å². The van der Waals surface area contributed by atoms with Crippen LogP contribution in [0.1, 0.15) is 5.56 Å². The number of nitrogens with one attached hydrogen (secondary N) is 1. The van der Waals surface area contributed by atoms with Crippen molar-refractivity contribution in [3.63, 3.8) is 0 Å². The molecule has 1 aliphatic heterocycles. The van der Waals surface area contributed by atoms with Crippen LogP contribution in [-0.4, -0.2) is 29.1 Å². The molecule has 0 aliphatic carbocycles. The summed E-state index contributed by atoms with van der Waals surface area (Å²) in [5, 5.41) is 12.3. The Kier molecular flexibility index (Phi) is 4.92. The zero-order chi connectivity index (χ0) is 18.8. The molecule has 1 heterocycles. The molecule has 0 saturated carbocycles. The number of ether oxygens (including phenoxy) is 1. The number of rotatable bonds is 3. The summed E-state index contributed by atoms with van der Waals surface area (Å²) in [4.78, 5) is 26.4. The first-order chi connectivity index (χ1) is 12.4. The third-order valence-corrected chi connectivity index (χ3v) is 4.27. The van der Waals surface area contributed by atoms with Gasteiger partial charge in [0.1, 0.15) is 5.57 Å². The number of phenolic OH excluding ortho intramolecular Hbond substituents is 1. The second kappa shape index (κ2) is 7.15. The number of amides is 2. The summed E-state index contributed by atoms with van der Waals surface area (Å²) in [6.45, 7) is 0. The molecule has 1 aliphatic rings. The van der Waals surface area contributed by atoms with E-state index in [2.05, 4.69) is 5.32 Å². The number of hydrogen-bond donors (Lipinski definition) is 2. The molecule has 6 nitrogen and oxygen atoms in total. The topological polar surface area (TPSA) is 78.9 Å². The van der Waals surface area contributed by atoms with E-state index in [-0.39, 0.29) is 27.2 Å². The van der Waals surface area contributed by atoms with Gasteiger partial charge in [-0.05, 0) is 48.1 Å². The minimum absolute atomic E-state index is 0.00432. The maximum atomic E-state index is 12.9. The predicted molar refractivity (Wildman–Crippen MR) is 102 cm³/mol. The molecular weight excluding hydrogens is 376 g/mol. The molecule has 2 aromatic rings. The number of carbonyl (C=O) groups is 2. The van der Waals surface area contributed by atoms with Gasteiger partial charge < -0.3 is 9.84 Å². The highest BCUT2D eigenvalue weighted by Crippen LogP contribution is 2.35. The van der Waals surface area contributed by atoms with Crippen molar-refractivity contribution in [3.8, 4) is 11.5 Å². The van der Waals surface area contributed by atoms with Gasteiger partial charge in [-0.15, -0.1) is 0 Å². The molecule has 132 valence electrons. The predicted octanol–water partition coefficient (Wildman–Crippen LogP) is 2.89. The minimum atomic E-state index is -0.615. The number of thiocarbonyl (C=S) groups is 1. The molecule has 0 aromatic heterocycles. The fourth-order valence-corrected chi connectivity index (χ4v) is 2.97. The summed E-state index contributed by atoms with van der Waals surface area (Å²) >= 11 is 11.1. The molecule has 3 rings (SSSR count). The molecule has 26 heavy (non-hydrogen) atoms. The van der Waals surface area contributed by atoms with Gasteiger partial charge in [-0.3, -0.25) is 19.8 Å². The van der Waals surface area contributed by atoms with E-state index < -0.39 is 11.8 Å². The quantitative estimate of drug-likeness (QED) is 0.480. The number of para-hydroxylation sites is 1. The van der Waals surface area contributed by atoms with Crippen LogP contribution in [0, 0.1) is 0 Å². The lowest BCUT2D eigenvalue weighted by molar-refractivity contribution is -0.122. The summed E-state index contributed by atoms with van der Waals surface area (Å²) in [5.41, 5.74) is 0.838. The first-order valence-corrected chi connectivity index (χ1v) is 8.24. The Morgan fingerprint density at radius 3 is 2.58 bits per heavy atom. The van der Waals surface area contributed by atoms with Crippen molar-refractivity contribution in [1.82, 2.24) is 5.32 Å². The summed E-state index contributed by atoms with van der Waals surface area (Å²) in [6.07, 6.45) is 1.36. The number of anilines is 1. The van der Waals surface area contributed by atoms with E-state index >= 15 is 0 Å². The fraction of sp³-hybridized carbons (Fsp3) is 0.0556. The zero-order valence-corrected chi connectivity index (χ0v) is 15.1. The van der Waals surface area contributed by atoms with Crippen LogP contribution in [0.4, 0.5) is 5.69 Å². The monoisotopic (exact) mass is 388 g/mol. The van der Waals surface area contributed by atoms with E-state index in [9.17, 15) is 14.7 Å². The summed E-state index contributed by atoms with van der Waals surface area (Å²) < 4.78 is 5.04. The Bertz CT molecular complexity index is 944. The number of aromatic hydroxyl groups is 1. The van der Waals surface area contributed by atoms with Crippen LogP contribution in [-0.2, 0) is 9.59 Å².